The molecule has 0 aliphatic carbocycles. The first-order valence-corrected chi connectivity index (χ1v) is 10.8. The SMILES string of the molecule is CCNS(=O)(=O)c1ccc(N(CCSOOC)Cc2ccc(F)cc2)cc1. The van der Waals surface area contributed by atoms with Gasteiger partial charge in [-0.2, -0.15) is 4.33 Å². The number of sulfonamides is 1. The zero-order chi connectivity index (χ0) is 19.7. The summed E-state index contributed by atoms with van der Waals surface area (Å²) < 4.78 is 44.6. The van der Waals surface area contributed by atoms with Gasteiger partial charge in [0, 0.05) is 43.1 Å². The van der Waals surface area contributed by atoms with Gasteiger partial charge in [0.1, 0.15) is 5.82 Å². The molecule has 0 bridgehead atoms. The normalized spacial score (nSPS) is 11.5. The summed E-state index contributed by atoms with van der Waals surface area (Å²) in [4.78, 5) is 6.84. The molecule has 27 heavy (non-hydrogen) atoms. The molecular weight excluding hydrogens is 391 g/mol. The van der Waals surface area contributed by atoms with Gasteiger partial charge in [0.25, 0.3) is 0 Å². The standard InChI is InChI=1S/C18H23FN2O4S2/c1-3-20-27(22,23)18-10-8-17(9-11-18)21(12-13-26-25-24-2)14-15-4-6-16(19)7-5-15/h4-11,20H,3,12-14H2,1-2H3. The van der Waals surface area contributed by atoms with E-state index in [0.717, 1.165) is 11.3 Å². The topological polar surface area (TPSA) is 67.9 Å². The molecule has 0 heterocycles. The quantitative estimate of drug-likeness (QED) is 0.263. The van der Waals surface area contributed by atoms with Crippen molar-refractivity contribution in [1.82, 2.24) is 4.72 Å². The minimum absolute atomic E-state index is 0.215. The van der Waals surface area contributed by atoms with Gasteiger partial charge in [-0.25, -0.2) is 22.4 Å². The average molecular weight is 415 g/mol. The first-order valence-electron chi connectivity index (χ1n) is 8.37. The fourth-order valence-corrected chi connectivity index (χ4v) is 3.95. The molecule has 0 atom stereocenters. The lowest BCUT2D eigenvalue weighted by molar-refractivity contribution is -0.160. The number of anilines is 1. The minimum Gasteiger partial charge on any atom is -0.366 e. The molecule has 0 aliphatic rings. The number of benzene rings is 2. The number of nitrogens with zero attached hydrogens (tertiary/aromatic N) is 1. The van der Waals surface area contributed by atoms with Crippen LogP contribution in [0.15, 0.2) is 53.4 Å². The molecule has 0 fully saturated rings. The largest absolute Gasteiger partial charge is 0.366 e. The Morgan fingerprint density at radius 2 is 1.78 bits per heavy atom. The van der Waals surface area contributed by atoms with Crippen molar-refractivity contribution in [2.24, 2.45) is 0 Å². The molecule has 0 saturated heterocycles. The van der Waals surface area contributed by atoms with Gasteiger partial charge in [-0.05, 0) is 42.0 Å². The summed E-state index contributed by atoms with van der Waals surface area (Å²) in [7, 11) is -2.05. The summed E-state index contributed by atoms with van der Waals surface area (Å²) >= 11 is 1.17. The molecule has 0 unspecified atom stereocenters. The van der Waals surface area contributed by atoms with Crippen LogP contribution in [0.2, 0.25) is 0 Å². The highest BCUT2D eigenvalue weighted by atomic mass is 32.2. The Bertz CT molecular complexity index is 799. The number of rotatable bonds is 11. The molecule has 0 radical (unpaired) electrons. The van der Waals surface area contributed by atoms with Crippen LogP contribution in [0.5, 0.6) is 0 Å². The van der Waals surface area contributed by atoms with Crippen LogP contribution in [0.1, 0.15) is 12.5 Å². The van der Waals surface area contributed by atoms with Crippen molar-refractivity contribution in [1.29, 1.82) is 0 Å². The second kappa shape index (κ2) is 10.6. The summed E-state index contributed by atoms with van der Waals surface area (Å²) in [6.07, 6.45) is 0. The van der Waals surface area contributed by atoms with E-state index in [4.69, 9.17) is 4.33 Å². The van der Waals surface area contributed by atoms with Gasteiger partial charge in [0.15, 0.2) is 0 Å². The molecule has 9 heteroatoms. The highest BCUT2D eigenvalue weighted by Gasteiger charge is 2.14. The maximum absolute atomic E-state index is 13.1. The molecule has 0 aromatic heterocycles. The molecule has 0 amide bonds. The number of halogens is 1. The summed E-state index contributed by atoms with van der Waals surface area (Å²) in [5.74, 6) is 0.347. The van der Waals surface area contributed by atoms with Crippen LogP contribution in [-0.2, 0) is 25.8 Å². The highest BCUT2D eigenvalue weighted by Crippen LogP contribution is 2.21. The van der Waals surface area contributed by atoms with Crippen molar-refractivity contribution >= 4 is 27.8 Å². The number of nitrogens with one attached hydrogen (secondary N) is 1. The maximum atomic E-state index is 13.1. The van der Waals surface area contributed by atoms with Crippen molar-refractivity contribution < 1.29 is 22.0 Å². The molecule has 6 nitrogen and oxygen atoms in total. The first kappa shape index (κ1) is 21.6. The van der Waals surface area contributed by atoms with Gasteiger partial charge in [-0.3, -0.25) is 0 Å². The van der Waals surface area contributed by atoms with Gasteiger partial charge in [-0.1, -0.05) is 19.1 Å². The zero-order valence-electron chi connectivity index (χ0n) is 15.2. The Morgan fingerprint density at radius 3 is 2.37 bits per heavy atom. The molecule has 148 valence electrons. The van der Waals surface area contributed by atoms with Crippen molar-refractivity contribution in [3.05, 3.63) is 59.9 Å². The third-order valence-corrected chi connectivity index (χ3v) is 5.84. The number of hydrogen-bond acceptors (Lipinski definition) is 6. The van der Waals surface area contributed by atoms with Gasteiger partial charge in [-0.15, -0.1) is 0 Å². The van der Waals surface area contributed by atoms with Crippen LogP contribution in [0.25, 0.3) is 0 Å². The molecule has 0 aliphatic heterocycles. The van der Waals surface area contributed by atoms with E-state index in [1.807, 2.05) is 0 Å². The molecule has 2 aromatic carbocycles. The van der Waals surface area contributed by atoms with Crippen molar-refractivity contribution in [2.75, 3.05) is 30.9 Å². The van der Waals surface area contributed by atoms with Crippen molar-refractivity contribution in [3.8, 4) is 0 Å². The average Bonchev–Trinajstić information content (AvgIpc) is 2.66. The van der Waals surface area contributed by atoms with E-state index in [0.29, 0.717) is 25.4 Å². The summed E-state index contributed by atoms with van der Waals surface area (Å²) in [5, 5.41) is 0. The van der Waals surface area contributed by atoms with Crippen LogP contribution in [-0.4, -0.2) is 34.4 Å². The second-order valence-corrected chi connectivity index (χ2v) is 8.15. The lowest BCUT2D eigenvalue weighted by Crippen LogP contribution is -2.26. The maximum Gasteiger partial charge on any atom is 0.240 e. The van der Waals surface area contributed by atoms with E-state index in [2.05, 4.69) is 14.5 Å². The predicted octanol–water partition coefficient (Wildman–Crippen LogP) is 3.36. The molecule has 2 rings (SSSR count). The Hall–Kier alpha value is -1.65. The lowest BCUT2D eigenvalue weighted by atomic mass is 10.2. The van der Waals surface area contributed by atoms with Gasteiger partial charge < -0.3 is 4.90 Å². The van der Waals surface area contributed by atoms with Crippen LogP contribution < -0.4 is 9.62 Å². The summed E-state index contributed by atoms with van der Waals surface area (Å²) in [6, 6.07) is 13.0. The van der Waals surface area contributed by atoms with Crippen LogP contribution in [0, 0.1) is 5.82 Å². The molecular formula is C18H23FN2O4S2. The zero-order valence-corrected chi connectivity index (χ0v) is 16.9. The van der Waals surface area contributed by atoms with Gasteiger partial charge in [0.2, 0.25) is 10.0 Å². The van der Waals surface area contributed by atoms with Crippen molar-refractivity contribution in [3.63, 3.8) is 0 Å². The third-order valence-electron chi connectivity index (χ3n) is 3.69. The predicted molar refractivity (Wildman–Crippen MR) is 105 cm³/mol. The second-order valence-electron chi connectivity index (χ2n) is 5.60. The molecule has 1 N–H and O–H groups in total. The van der Waals surface area contributed by atoms with Gasteiger partial charge in [0.05, 0.1) is 12.0 Å². The highest BCUT2D eigenvalue weighted by molar-refractivity contribution is 7.94. The van der Waals surface area contributed by atoms with E-state index in [1.165, 1.54) is 31.3 Å². The molecule has 2 aromatic rings. The smallest absolute Gasteiger partial charge is 0.240 e. The van der Waals surface area contributed by atoms with E-state index >= 15 is 0 Å². The number of hydrogen-bond donors (Lipinski definition) is 1. The van der Waals surface area contributed by atoms with E-state index < -0.39 is 10.0 Å². The first-order chi connectivity index (χ1) is 13.0. The molecule has 0 spiro atoms. The van der Waals surface area contributed by atoms with Crippen LogP contribution in [0.3, 0.4) is 0 Å². The van der Waals surface area contributed by atoms with E-state index in [1.54, 1.807) is 43.3 Å². The van der Waals surface area contributed by atoms with Gasteiger partial charge >= 0.3 is 0 Å². The fourth-order valence-electron chi connectivity index (χ4n) is 2.45. The lowest BCUT2D eigenvalue weighted by Gasteiger charge is -2.25. The molecule has 0 saturated carbocycles. The fraction of sp³-hybridized carbons (Fsp3) is 0.333. The summed E-state index contributed by atoms with van der Waals surface area (Å²) in [6.45, 7) is 3.24. The monoisotopic (exact) mass is 414 g/mol. The van der Waals surface area contributed by atoms with E-state index in [-0.39, 0.29) is 10.7 Å². The Morgan fingerprint density at radius 1 is 1.11 bits per heavy atom. The minimum atomic E-state index is -3.49. The van der Waals surface area contributed by atoms with Crippen LogP contribution in [0.4, 0.5) is 10.1 Å². The Balaban J connectivity index is 2.17. The Labute approximate surface area is 163 Å². The van der Waals surface area contributed by atoms with Crippen molar-refractivity contribution in [2.45, 2.75) is 18.4 Å². The summed E-state index contributed by atoms with van der Waals surface area (Å²) in [5.41, 5.74) is 1.80. The van der Waals surface area contributed by atoms with Crippen LogP contribution >= 0.6 is 12.0 Å². The Kier molecular flexibility index (Phi) is 8.52. The third kappa shape index (κ3) is 6.78. The van der Waals surface area contributed by atoms with E-state index in [9.17, 15) is 12.8 Å².